The maximum absolute atomic E-state index is 12.8. The Kier molecular flexibility index (Phi) is 6.94. The molecular formula is C14H22ClN3O4S. The number of halogens is 1. The second kappa shape index (κ2) is 8.05. The van der Waals surface area contributed by atoms with Gasteiger partial charge in [-0.3, -0.25) is 10.1 Å². The van der Waals surface area contributed by atoms with Crippen molar-refractivity contribution in [3.05, 3.63) is 33.9 Å². The Bertz CT molecular complexity index is 664. The van der Waals surface area contributed by atoms with E-state index >= 15 is 0 Å². The predicted molar refractivity (Wildman–Crippen MR) is 90.2 cm³/mol. The molecule has 1 unspecified atom stereocenters. The van der Waals surface area contributed by atoms with Crippen LogP contribution in [0.1, 0.15) is 24.8 Å². The van der Waals surface area contributed by atoms with E-state index in [1.807, 2.05) is 0 Å². The van der Waals surface area contributed by atoms with Gasteiger partial charge in [0.25, 0.3) is 5.69 Å². The first-order chi connectivity index (χ1) is 10.4. The lowest BCUT2D eigenvalue weighted by molar-refractivity contribution is -0.385. The zero-order chi connectivity index (χ0) is 16.3. The van der Waals surface area contributed by atoms with E-state index in [1.165, 1.54) is 16.4 Å². The molecule has 130 valence electrons. The van der Waals surface area contributed by atoms with Crippen LogP contribution in [0.5, 0.6) is 0 Å². The minimum atomic E-state index is -3.71. The van der Waals surface area contributed by atoms with Gasteiger partial charge < -0.3 is 5.73 Å². The van der Waals surface area contributed by atoms with E-state index in [0.717, 1.165) is 25.3 Å². The molecule has 0 aromatic heterocycles. The molecule has 1 aliphatic heterocycles. The van der Waals surface area contributed by atoms with E-state index in [1.54, 1.807) is 6.92 Å². The zero-order valence-electron chi connectivity index (χ0n) is 13.0. The van der Waals surface area contributed by atoms with Crippen LogP contribution >= 0.6 is 12.4 Å². The van der Waals surface area contributed by atoms with Crippen molar-refractivity contribution in [2.24, 2.45) is 11.7 Å². The van der Waals surface area contributed by atoms with Crippen molar-refractivity contribution in [3.8, 4) is 0 Å². The molecule has 1 saturated heterocycles. The summed E-state index contributed by atoms with van der Waals surface area (Å²) in [7, 11) is -3.71. The van der Waals surface area contributed by atoms with E-state index in [9.17, 15) is 18.5 Å². The lowest BCUT2D eigenvalue weighted by Gasteiger charge is -2.32. The van der Waals surface area contributed by atoms with Gasteiger partial charge in [-0.15, -0.1) is 12.4 Å². The molecule has 1 aliphatic rings. The van der Waals surface area contributed by atoms with Gasteiger partial charge in [0, 0.05) is 25.2 Å². The monoisotopic (exact) mass is 363 g/mol. The van der Waals surface area contributed by atoms with Gasteiger partial charge in [-0.25, -0.2) is 8.42 Å². The van der Waals surface area contributed by atoms with E-state index in [4.69, 9.17) is 5.73 Å². The van der Waals surface area contributed by atoms with Gasteiger partial charge in [-0.1, -0.05) is 6.07 Å². The molecule has 9 heteroatoms. The van der Waals surface area contributed by atoms with E-state index < -0.39 is 14.9 Å². The van der Waals surface area contributed by atoms with Crippen molar-refractivity contribution in [3.63, 3.8) is 0 Å². The maximum atomic E-state index is 12.8. The van der Waals surface area contributed by atoms with Crippen LogP contribution in [0, 0.1) is 23.0 Å². The summed E-state index contributed by atoms with van der Waals surface area (Å²) in [5, 5.41) is 10.9. The number of aryl methyl sites for hydroxylation is 1. The molecule has 0 saturated carbocycles. The van der Waals surface area contributed by atoms with Crippen LogP contribution in [0.2, 0.25) is 0 Å². The molecule has 23 heavy (non-hydrogen) atoms. The average molecular weight is 364 g/mol. The third-order valence-corrected chi connectivity index (χ3v) is 6.06. The van der Waals surface area contributed by atoms with Crippen molar-refractivity contribution in [2.75, 3.05) is 19.6 Å². The highest BCUT2D eigenvalue weighted by Gasteiger charge is 2.31. The second-order valence-corrected chi connectivity index (χ2v) is 7.56. The minimum absolute atomic E-state index is 0. The number of nitrogens with two attached hydrogens (primary N) is 1. The molecule has 7 nitrogen and oxygen atoms in total. The van der Waals surface area contributed by atoms with Crippen LogP contribution < -0.4 is 5.73 Å². The summed E-state index contributed by atoms with van der Waals surface area (Å²) < 4.78 is 27.0. The molecule has 0 spiro atoms. The molecule has 1 atom stereocenters. The Morgan fingerprint density at radius 2 is 2.13 bits per heavy atom. The van der Waals surface area contributed by atoms with Crippen LogP contribution in [-0.4, -0.2) is 37.3 Å². The zero-order valence-corrected chi connectivity index (χ0v) is 14.6. The fraction of sp³-hybridized carbons (Fsp3) is 0.571. The largest absolute Gasteiger partial charge is 0.330 e. The molecular weight excluding hydrogens is 342 g/mol. The topological polar surface area (TPSA) is 107 Å². The highest BCUT2D eigenvalue weighted by Crippen LogP contribution is 2.28. The average Bonchev–Trinajstić information content (AvgIpc) is 2.48. The van der Waals surface area contributed by atoms with Crippen molar-refractivity contribution >= 4 is 28.1 Å². The third-order valence-electron chi connectivity index (χ3n) is 4.06. The SMILES string of the molecule is Cc1ccc([N+](=O)[O-])cc1S(=O)(=O)N1CCCC(CCN)C1.Cl. The molecule has 0 bridgehead atoms. The van der Waals surface area contributed by atoms with Gasteiger partial charge in [0.05, 0.1) is 9.82 Å². The lowest BCUT2D eigenvalue weighted by Crippen LogP contribution is -2.40. The highest BCUT2D eigenvalue weighted by atomic mass is 35.5. The normalized spacial score (nSPS) is 19.1. The fourth-order valence-electron chi connectivity index (χ4n) is 2.84. The first-order valence-corrected chi connectivity index (χ1v) is 8.75. The smallest absolute Gasteiger partial charge is 0.270 e. The van der Waals surface area contributed by atoms with Crippen molar-refractivity contribution in [1.82, 2.24) is 4.31 Å². The number of hydrogen-bond donors (Lipinski definition) is 1. The van der Waals surface area contributed by atoms with Gasteiger partial charge in [-0.2, -0.15) is 4.31 Å². The van der Waals surface area contributed by atoms with E-state index in [2.05, 4.69) is 0 Å². The van der Waals surface area contributed by atoms with Gasteiger partial charge in [-0.05, 0) is 44.2 Å². The van der Waals surface area contributed by atoms with Crippen LogP contribution in [-0.2, 0) is 10.0 Å². The Balaban J connectivity index is 0.00000264. The van der Waals surface area contributed by atoms with Crippen LogP contribution in [0.25, 0.3) is 0 Å². The summed E-state index contributed by atoms with van der Waals surface area (Å²) >= 11 is 0. The van der Waals surface area contributed by atoms with Gasteiger partial charge in [0.2, 0.25) is 10.0 Å². The van der Waals surface area contributed by atoms with Gasteiger partial charge >= 0.3 is 0 Å². The van der Waals surface area contributed by atoms with Crippen LogP contribution in [0.4, 0.5) is 5.69 Å². The summed E-state index contributed by atoms with van der Waals surface area (Å²) in [6, 6.07) is 3.95. The third kappa shape index (κ3) is 4.41. The Morgan fingerprint density at radius 1 is 1.43 bits per heavy atom. The summed E-state index contributed by atoms with van der Waals surface area (Å²) in [6.45, 7) is 3.07. The highest BCUT2D eigenvalue weighted by molar-refractivity contribution is 7.89. The molecule has 0 amide bonds. The lowest BCUT2D eigenvalue weighted by atomic mass is 9.96. The van der Waals surface area contributed by atoms with Crippen molar-refractivity contribution in [2.45, 2.75) is 31.1 Å². The van der Waals surface area contributed by atoms with Crippen molar-refractivity contribution < 1.29 is 13.3 Å². The molecule has 0 radical (unpaired) electrons. The molecule has 1 heterocycles. The number of sulfonamides is 1. The number of nitro groups is 1. The number of piperidine rings is 1. The van der Waals surface area contributed by atoms with Crippen LogP contribution in [0.15, 0.2) is 23.1 Å². The predicted octanol–water partition coefficient (Wildman–Crippen LogP) is 2.07. The molecule has 1 aromatic carbocycles. The van der Waals surface area contributed by atoms with Gasteiger partial charge in [0.1, 0.15) is 0 Å². The van der Waals surface area contributed by atoms with E-state index in [0.29, 0.717) is 25.2 Å². The quantitative estimate of drug-likeness (QED) is 0.636. The summed E-state index contributed by atoms with van der Waals surface area (Å²) in [5.74, 6) is 0.257. The Labute approximate surface area is 142 Å². The number of nitro benzene ring substituents is 1. The fourth-order valence-corrected chi connectivity index (χ4v) is 4.64. The molecule has 1 fully saturated rings. The van der Waals surface area contributed by atoms with Crippen LogP contribution in [0.3, 0.4) is 0 Å². The first-order valence-electron chi connectivity index (χ1n) is 7.31. The summed E-state index contributed by atoms with van der Waals surface area (Å²) in [6.07, 6.45) is 2.55. The number of non-ortho nitro benzene ring substituents is 1. The summed E-state index contributed by atoms with van der Waals surface area (Å²) in [5.41, 5.74) is 5.87. The maximum Gasteiger partial charge on any atom is 0.270 e. The Morgan fingerprint density at radius 3 is 2.74 bits per heavy atom. The second-order valence-electron chi connectivity index (χ2n) is 5.66. The number of benzene rings is 1. The first kappa shape index (κ1) is 19.8. The Hall–Kier alpha value is -1.22. The minimum Gasteiger partial charge on any atom is -0.330 e. The summed E-state index contributed by atoms with van der Waals surface area (Å²) in [4.78, 5) is 10.3. The number of rotatable bonds is 5. The molecule has 2 rings (SSSR count). The number of nitrogens with zero attached hydrogens (tertiary/aromatic N) is 2. The van der Waals surface area contributed by atoms with Gasteiger partial charge in [0.15, 0.2) is 0 Å². The molecule has 2 N–H and O–H groups in total. The standard InChI is InChI=1S/C14H21N3O4S.ClH/c1-11-4-5-13(17(18)19)9-14(11)22(20,21)16-8-2-3-12(10-16)6-7-15;/h4-5,9,12H,2-3,6-8,10,15H2,1H3;1H. The van der Waals surface area contributed by atoms with E-state index in [-0.39, 0.29) is 28.9 Å². The molecule has 1 aromatic rings. The molecule has 0 aliphatic carbocycles. The number of hydrogen-bond acceptors (Lipinski definition) is 5. The van der Waals surface area contributed by atoms with Crippen molar-refractivity contribution in [1.29, 1.82) is 0 Å².